The van der Waals surface area contributed by atoms with Gasteiger partial charge in [-0.05, 0) is 70.2 Å². The normalized spacial score (nSPS) is 12.0. The molecule has 0 aliphatic heterocycles. The number of halogens is 1. The van der Waals surface area contributed by atoms with Gasteiger partial charge in [0.05, 0.1) is 40.6 Å². The average molecular weight is 755 g/mol. The van der Waals surface area contributed by atoms with E-state index in [0.717, 1.165) is 45.2 Å². The Balaban J connectivity index is 1.55. The third-order valence-corrected chi connectivity index (χ3v) is 11.2. The highest BCUT2D eigenvalue weighted by molar-refractivity contribution is 6.06. The van der Waals surface area contributed by atoms with E-state index >= 15 is 4.39 Å². The first-order valence-electron chi connectivity index (χ1n) is 20.2. The lowest BCUT2D eigenvalue weighted by atomic mass is 9.92. The number of imidazole rings is 2. The van der Waals surface area contributed by atoms with Crippen LogP contribution in [0.15, 0.2) is 121 Å². The minimum Gasteiger partial charge on any atom is -0.496 e. The zero-order valence-electron chi connectivity index (χ0n) is 34.4. The first kappa shape index (κ1) is 37.9. The van der Waals surface area contributed by atoms with Crippen LogP contribution >= 0.6 is 0 Å². The van der Waals surface area contributed by atoms with E-state index in [4.69, 9.17) is 14.7 Å². The molecule has 8 aromatic rings. The van der Waals surface area contributed by atoms with Crippen LogP contribution in [0.3, 0.4) is 0 Å². The molecule has 0 bridgehead atoms. The number of fused-ring (bicyclic) bond motifs is 2. The summed E-state index contributed by atoms with van der Waals surface area (Å²) in [7, 11) is 1.64. The van der Waals surface area contributed by atoms with Crippen LogP contribution in [0, 0.1) is 5.82 Å². The number of hydrogen-bond acceptors (Lipinski definition) is 3. The molecule has 2 heterocycles. The molecule has 57 heavy (non-hydrogen) atoms. The topological polar surface area (TPSA) is 44.9 Å². The third-order valence-electron chi connectivity index (χ3n) is 11.2. The van der Waals surface area contributed by atoms with Gasteiger partial charge in [-0.25, -0.2) is 14.4 Å². The highest BCUT2D eigenvalue weighted by Crippen LogP contribution is 2.47. The Morgan fingerprint density at radius 3 is 1.23 bits per heavy atom. The van der Waals surface area contributed by atoms with Gasteiger partial charge in [0, 0.05) is 11.1 Å². The van der Waals surface area contributed by atoms with Crippen molar-refractivity contribution < 1.29 is 9.13 Å². The minimum absolute atomic E-state index is 0.235. The van der Waals surface area contributed by atoms with Crippen LogP contribution < -0.4 is 4.74 Å². The molecular formula is C51H51FN4O. The molecule has 0 saturated heterocycles. The predicted octanol–water partition coefficient (Wildman–Crippen LogP) is 14.0. The van der Waals surface area contributed by atoms with Gasteiger partial charge in [0.2, 0.25) is 0 Å². The zero-order valence-corrected chi connectivity index (χ0v) is 34.4. The molecule has 0 unspecified atom stereocenters. The molecule has 0 N–H and O–H groups in total. The summed E-state index contributed by atoms with van der Waals surface area (Å²) >= 11 is 0. The second-order valence-corrected chi connectivity index (χ2v) is 16.3. The maximum Gasteiger partial charge on any atom is 0.145 e. The van der Waals surface area contributed by atoms with Crippen LogP contribution in [0.4, 0.5) is 4.39 Å². The van der Waals surface area contributed by atoms with E-state index < -0.39 is 0 Å². The van der Waals surface area contributed by atoms with Gasteiger partial charge < -0.3 is 4.74 Å². The van der Waals surface area contributed by atoms with E-state index in [1.165, 1.54) is 22.3 Å². The van der Waals surface area contributed by atoms with Crippen LogP contribution in [-0.4, -0.2) is 26.2 Å². The Morgan fingerprint density at radius 2 is 0.842 bits per heavy atom. The van der Waals surface area contributed by atoms with Gasteiger partial charge in [0.25, 0.3) is 0 Å². The second-order valence-electron chi connectivity index (χ2n) is 16.3. The maximum absolute atomic E-state index is 17.2. The lowest BCUT2D eigenvalue weighted by molar-refractivity contribution is 0.416. The average Bonchev–Trinajstić information content (AvgIpc) is 3.79. The smallest absolute Gasteiger partial charge is 0.145 e. The molecule has 0 atom stereocenters. The van der Waals surface area contributed by atoms with Gasteiger partial charge in [0.15, 0.2) is 0 Å². The van der Waals surface area contributed by atoms with Crippen LogP contribution in [0.1, 0.15) is 101 Å². The van der Waals surface area contributed by atoms with Crippen molar-refractivity contribution in [2.45, 2.75) is 79.1 Å². The van der Waals surface area contributed by atoms with Crippen molar-refractivity contribution in [3.05, 3.63) is 149 Å². The van der Waals surface area contributed by atoms with Crippen molar-refractivity contribution >= 4 is 22.1 Å². The molecular weight excluding hydrogens is 704 g/mol. The van der Waals surface area contributed by atoms with Crippen LogP contribution in [0.25, 0.3) is 67.3 Å². The van der Waals surface area contributed by atoms with Gasteiger partial charge in [-0.1, -0.05) is 152 Å². The van der Waals surface area contributed by atoms with Crippen molar-refractivity contribution in [2.75, 3.05) is 7.11 Å². The van der Waals surface area contributed by atoms with Crippen molar-refractivity contribution in [1.82, 2.24) is 19.1 Å². The van der Waals surface area contributed by atoms with Crippen molar-refractivity contribution in [1.29, 1.82) is 0 Å². The van der Waals surface area contributed by atoms with E-state index in [-0.39, 0.29) is 29.5 Å². The molecule has 0 saturated carbocycles. The van der Waals surface area contributed by atoms with E-state index in [1.54, 1.807) is 13.2 Å². The summed E-state index contributed by atoms with van der Waals surface area (Å²) in [5.41, 5.74) is 12.8. The summed E-state index contributed by atoms with van der Waals surface area (Å²) in [5, 5.41) is 0. The number of ether oxygens (including phenoxy) is 1. The molecule has 0 amide bonds. The fourth-order valence-electron chi connectivity index (χ4n) is 8.45. The standard InChI is InChI=1S/C51H51FN4O/c1-30(2)36-22-16-23-37(31(3)4)48(36)55-41-27-26-40(52)44(46(41)53-50(55)34-18-12-10-13-19-34)45-43(57-9)29-28-42-47(45)54-51(35-20-14-11-15-21-35)56(42)49-38(32(5)6)24-17-25-39(49)33(7)8/h10-33H,1-9H3. The first-order chi connectivity index (χ1) is 27.5. The summed E-state index contributed by atoms with van der Waals surface area (Å²) in [6.07, 6.45) is 0. The number of rotatable bonds is 10. The number of aromatic nitrogens is 4. The largest absolute Gasteiger partial charge is 0.496 e. The summed E-state index contributed by atoms with van der Waals surface area (Å²) in [6.45, 7) is 17.8. The Morgan fingerprint density at radius 1 is 0.456 bits per heavy atom. The molecule has 0 radical (unpaired) electrons. The Labute approximate surface area is 335 Å². The summed E-state index contributed by atoms with van der Waals surface area (Å²) in [4.78, 5) is 10.9. The fourth-order valence-corrected chi connectivity index (χ4v) is 8.45. The Kier molecular flexibility index (Phi) is 10.1. The molecule has 2 aromatic heterocycles. The van der Waals surface area contributed by atoms with E-state index in [2.05, 4.69) is 131 Å². The summed E-state index contributed by atoms with van der Waals surface area (Å²) < 4.78 is 27.9. The number of benzene rings is 6. The molecule has 8 rings (SSSR count). The minimum atomic E-state index is -0.389. The Bertz CT molecular complexity index is 2690. The maximum atomic E-state index is 17.2. The summed E-state index contributed by atoms with van der Waals surface area (Å²) in [6, 6.07) is 41.1. The molecule has 288 valence electrons. The van der Waals surface area contributed by atoms with Gasteiger partial charge in [-0.15, -0.1) is 0 Å². The fraction of sp³-hybridized carbons (Fsp3) is 0.255. The molecule has 0 spiro atoms. The first-order valence-corrected chi connectivity index (χ1v) is 20.2. The lowest BCUT2D eigenvalue weighted by Gasteiger charge is -2.23. The van der Waals surface area contributed by atoms with Gasteiger partial charge in [-0.3, -0.25) is 9.13 Å². The van der Waals surface area contributed by atoms with Crippen molar-refractivity contribution in [3.63, 3.8) is 0 Å². The van der Waals surface area contributed by atoms with Gasteiger partial charge in [-0.2, -0.15) is 0 Å². The zero-order chi connectivity index (χ0) is 40.1. The molecule has 0 fully saturated rings. The molecule has 5 nitrogen and oxygen atoms in total. The number of para-hydroxylation sites is 2. The monoisotopic (exact) mass is 754 g/mol. The van der Waals surface area contributed by atoms with Crippen LogP contribution in [0.5, 0.6) is 5.75 Å². The number of nitrogens with zero attached hydrogens (tertiary/aromatic N) is 4. The van der Waals surface area contributed by atoms with E-state index in [0.29, 0.717) is 27.9 Å². The quantitative estimate of drug-likeness (QED) is 0.140. The predicted molar refractivity (Wildman–Crippen MR) is 235 cm³/mol. The van der Waals surface area contributed by atoms with Gasteiger partial charge in [0.1, 0.15) is 34.2 Å². The van der Waals surface area contributed by atoms with E-state index in [9.17, 15) is 0 Å². The number of hydrogen-bond donors (Lipinski definition) is 0. The molecule has 6 heteroatoms. The van der Waals surface area contributed by atoms with Crippen molar-refractivity contribution in [3.8, 4) is 51.0 Å². The highest BCUT2D eigenvalue weighted by Gasteiger charge is 2.30. The SMILES string of the molecule is COc1ccc2c(nc(-c3ccccc3)n2-c2c(C(C)C)cccc2C(C)C)c1-c1c(F)ccc2c1nc(-c1ccccc1)n2-c1c(C(C)C)cccc1C(C)C. The van der Waals surface area contributed by atoms with Crippen LogP contribution in [-0.2, 0) is 0 Å². The summed E-state index contributed by atoms with van der Waals surface area (Å²) in [5.74, 6) is 2.63. The second kappa shape index (κ2) is 15.2. The Hall–Kier alpha value is -6.01. The third kappa shape index (κ3) is 6.41. The van der Waals surface area contributed by atoms with Gasteiger partial charge >= 0.3 is 0 Å². The van der Waals surface area contributed by atoms with E-state index in [1.807, 2.05) is 48.5 Å². The lowest BCUT2D eigenvalue weighted by Crippen LogP contribution is -2.08. The van der Waals surface area contributed by atoms with Crippen LogP contribution in [0.2, 0.25) is 0 Å². The highest BCUT2D eigenvalue weighted by atomic mass is 19.1. The number of methoxy groups -OCH3 is 1. The molecule has 6 aromatic carbocycles. The molecule has 0 aliphatic carbocycles. The molecule has 0 aliphatic rings. The van der Waals surface area contributed by atoms with Crippen molar-refractivity contribution in [2.24, 2.45) is 0 Å².